The van der Waals surface area contributed by atoms with Crippen molar-refractivity contribution in [1.82, 2.24) is 5.32 Å². The number of halogens is 1. The summed E-state index contributed by atoms with van der Waals surface area (Å²) in [4.78, 5) is 1.99. The van der Waals surface area contributed by atoms with Gasteiger partial charge in [-0.25, -0.2) is 0 Å². The average molecular weight is 495 g/mol. The topological polar surface area (TPSA) is 30.5 Å². The predicted octanol–water partition coefficient (Wildman–Crippen LogP) is 7.31. The summed E-state index contributed by atoms with van der Waals surface area (Å²) >= 11 is 3.45. The predicted molar refractivity (Wildman–Crippen MR) is 135 cm³/mol. The Morgan fingerprint density at radius 2 is 1.43 bits per heavy atom. The number of hydrogen-bond acceptors (Lipinski definition) is 3. The van der Waals surface area contributed by atoms with Crippen LogP contribution in [0.2, 0.25) is 36.3 Å². The highest BCUT2D eigenvalue weighted by Gasteiger charge is 2.43. The summed E-state index contributed by atoms with van der Waals surface area (Å²) in [5, 5.41) is 4.14. The fourth-order valence-corrected chi connectivity index (χ4v) is 4.98. The van der Waals surface area contributed by atoms with E-state index in [1.807, 2.05) is 4.99 Å². The molecule has 168 valence electrons. The molecule has 0 aromatic rings. The van der Waals surface area contributed by atoms with Gasteiger partial charge in [-0.1, -0.05) is 76.9 Å². The lowest BCUT2D eigenvalue weighted by Gasteiger charge is -2.44. The molecule has 0 saturated carbocycles. The normalized spacial score (nSPS) is 17.2. The second-order valence-electron chi connectivity index (χ2n) is 11.6. The van der Waals surface area contributed by atoms with Crippen LogP contribution in [0.15, 0.2) is 10.6 Å². The fraction of sp³-hybridized carbons (Fsp3) is 0.909. The first-order valence-corrected chi connectivity index (χ1v) is 17.4. The van der Waals surface area contributed by atoms with Gasteiger partial charge in [0.2, 0.25) is 0 Å². The first kappa shape index (κ1) is 28.5. The number of nitrogens with one attached hydrogen (secondary N) is 1. The summed E-state index contributed by atoms with van der Waals surface area (Å²) in [6.07, 6.45) is 0.133. The molecule has 0 unspecified atom stereocenters. The van der Waals surface area contributed by atoms with E-state index in [1.165, 1.54) is 5.57 Å². The summed E-state index contributed by atoms with van der Waals surface area (Å²) in [5.41, 5.74) is 1.27. The van der Waals surface area contributed by atoms with E-state index in [2.05, 4.69) is 110 Å². The van der Waals surface area contributed by atoms with E-state index < -0.39 is 16.6 Å². The lowest BCUT2D eigenvalue weighted by atomic mass is 10.00. The molecule has 0 bridgehead atoms. The van der Waals surface area contributed by atoms with Gasteiger partial charge in [0, 0.05) is 6.54 Å². The SMILES string of the molecule is C/C(=C/Br)CN[C@H](CO[Si](C)(C)C(C)(C)C)[C@@H](O[Si](C)(C)C(C)(C)C)C(C)C. The molecule has 0 aliphatic carbocycles. The molecule has 28 heavy (non-hydrogen) atoms. The van der Waals surface area contributed by atoms with E-state index in [1.54, 1.807) is 0 Å². The van der Waals surface area contributed by atoms with Crippen molar-refractivity contribution in [3.8, 4) is 0 Å². The van der Waals surface area contributed by atoms with Gasteiger partial charge >= 0.3 is 0 Å². The highest BCUT2D eigenvalue weighted by atomic mass is 79.9. The van der Waals surface area contributed by atoms with Crippen LogP contribution in [-0.4, -0.2) is 41.9 Å². The van der Waals surface area contributed by atoms with Crippen molar-refractivity contribution in [3.05, 3.63) is 10.6 Å². The van der Waals surface area contributed by atoms with Crippen molar-refractivity contribution in [3.63, 3.8) is 0 Å². The lowest BCUT2D eigenvalue weighted by molar-refractivity contribution is 0.0677. The molecule has 0 aliphatic rings. The van der Waals surface area contributed by atoms with Crippen LogP contribution >= 0.6 is 15.9 Å². The largest absolute Gasteiger partial charge is 0.415 e. The van der Waals surface area contributed by atoms with Crippen LogP contribution < -0.4 is 5.32 Å². The van der Waals surface area contributed by atoms with Gasteiger partial charge in [-0.15, -0.1) is 0 Å². The van der Waals surface area contributed by atoms with Crippen LogP contribution in [0, 0.1) is 5.92 Å². The maximum absolute atomic E-state index is 6.92. The zero-order valence-corrected chi connectivity index (χ0v) is 24.5. The summed E-state index contributed by atoms with van der Waals surface area (Å²) in [6.45, 7) is 31.4. The Labute approximate surface area is 186 Å². The van der Waals surface area contributed by atoms with E-state index in [0.29, 0.717) is 12.5 Å². The lowest BCUT2D eigenvalue weighted by Crippen LogP contribution is -2.55. The molecule has 0 rings (SSSR count). The van der Waals surface area contributed by atoms with Crippen LogP contribution in [0.25, 0.3) is 0 Å². The monoisotopic (exact) mass is 493 g/mol. The van der Waals surface area contributed by atoms with Crippen molar-refractivity contribution in [2.45, 2.75) is 111 Å². The van der Waals surface area contributed by atoms with Gasteiger partial charge in [0.25, 0.3) is 0 Å². The zero-order valence-electron chi connectivity index (χ0n) is 20.9. The molecule has 0 fully saturated rings. The Kier molecular flexibility index (Phi) is 10.9. The van der Waals surface area contributed by atoms with Crippen LogP contribution in [-0.2, 0) is 8.85 Å². The van der Waals surface area contributed by atoms with Crippen LogP contribution in [0.5, 0.6) is 0 Å². The van der Waals surface area contributed by atoms with Crippen molar-refractivity contribution in [1.29, 1.82) is 0 Å². The standard InChI is InChI=1S/C22H48BrNO2Si2/c1-17(2)20(26-28(12,13)22(7,8)9)19(24-15-18(3)14-23)16-25-27(10,11)21(4,5)6/h14,17,19-20,24H,15-16H2,1-13H3/b18-14-/t19-,20+/m1/s1. The Balaban J connectivity index is 5.63. The molecule has 3 nitrogen and oxygen atoms in total. The van der Waals surface area contributed by atoms with E-state index in [9.17, 15) is 0 Å². The van der Waals surface area contributed by atoms with Crippen molar-refractivity contribution in [2.75, 3.05) is 13.2 Å². The summed E-state index contributed by atoms with van der Waals surface area (Å²) in [6, 6.07) is 0.172. The van der Waals surface area contributed by atoms with Crippen molar-refractivity contribution < 1.29 is 8.85 Å². The molecule has 6 heteroatoms. The van der Waals surface area contributed by atoms with Crippen LogP contribution in [0.1, 0.15) is 62.3 Å². The first-order valence-electron chi connectivity index (χ1n) is 10.7. The van der Waals surface area contributed by atoms with Gasteiger partial charge in [-0.2, -0.15) is 0 Å². The maximum atomic E-state index is 6.92. The highest BCUT2D eigenvalue weighted by Crippen LogP contribution is 2.39. The van der Waals surface area contributed by atoms with Crippen molar-refractivity contribution in [2.24, 2.45) is 5.92 Å². The van der Waals surface area contributed by atoms with Crippen molar-refractivity contribution >= 4 is 32.6 Å². The second-order valence-corrected chi connectivity index (χ2v) is 21.6. The molecule has 0 aromatic heterocycles. The third kappa shape index (κ3) is 8.72. The number of hydrogen-bond donors (Lipinski definition) is 1. The Morgan fingerprint density at radius 3 is 1.79 bits per heavy atom. The highest BCUT2D eigenvalue weighted by molar-refractivity contribution is 9.11. The van der Waals surface area contributed by atoms with Crippen LogP contribution in [0.4, 0.5) is 0 Å². The minimum atomic E-state index is -1.88. The maximum Gasteiger partial charge on any atom is 0.192 e. The molecule has 0 spiro atoms. The fourth-order valence-electron chi connectivity index (χ4n) is 2.32. The van der Waals surface area contributed by atoms with E-state index >= 15 is 0 Å². The van der Waals surface area contributed by atoms with E-state index in [-0.39, 0.29) is 22.2 Å². The molecule has 0 saturated heterocycles. The molecule has 0 aliphatic heterocycles. The van der Waals surface area contributed by atoms with Gasteiger partial charge < -0.3 is 14.2 Å². The molecular weight excluding hydrogens is 446 g/mol. The zero-order chi connectivity index (χ0) is 22.6. The van der Waals surface area contributed by atoms with Gasteiger partial charge in [0.15, 0.2) is 16.6 Å². The molecule has 0 aromatic carbocycles. The quantitative estimate of drug-likeness (QED) is 0.323. The van der Waals surface area contributed by atoms with E-state index in [0.717, 1.165) is 6.54 Å². The molecule has 0 radical (unpaired) electrons. The molecular formula is C22H48BrNO2Si2. The minimum absolute atomic E-state index is 0.133. The molecule has 2 atom stereocenters. The smallest absolute Gasteiger partial charge is 0.192 e. The first-order chi connectivity index (χ1) is 12.4. The molecule has 0 amide bonds. The molecule has 0 heterocycles. The Hall–Kier alpha value is 0.534. The second kappa shape index (κ2) is 10.7. The van der Waals surface area contributed by atoms with Gasteiger partial charge in [-0.3, -0.25) is 0 Å². The molecule has 1 N–H and O–H groups in total. The third-order valence-electron chi connectivity index (χ3n) is 6.55. The summed E-state index contributed by atoms with van der Waals surface area (Å²) in [5.74, 6) is 0.419. The Morgan fingerprint density at radius 1 is 0.964 bits per heavy atom. The Bertz CT molecular complexity index is 506. The average Bonchev–Trinajstić information content (AvgIpc) is 2.50. The van der Waals surface area contributed by atoms with Gasteiger partial charge in [0.1, 0.15) is 0 Å². The van der Waals surface area contributed by atoms with Gasteiger partial charge in [0.05, 0.1) is 18.8 Å². The number of rotatable bonds is 10. The van der Waals surface area contributed by atoms with Gasteiger partial charge in [-0.05, 0) is 54.1 Å². The van der Waals surface area contributed by atoms with E-state index in [4.69, 9.17) is 8.85 Å². The summed E-state index contributed by atoms with van der Waals surface area (Å²) in [7, 11) is -3.69. The minimum Gasteiger partial charge on any atom is -0.415 e. The van der Waals surface area contributed by atoms with Crippen LogP contribution in [0.3, 0.4) is 0 Å². The third-order valence-corrected chi connectivity index (χ3v) is 16.3. The summed E-state index contributed by atoms with van der Waals surface area (Å²) < 4.78 is 13.6.